The van der Waals surface area contributed by atoms with Crippen molar-refractivity contribution in [3.63, 3.8) is 0 Å². The summed E-state index contributed by atoms with van der Waals surface area (Å²) < 4.78 is 52.5. The van der Waals surface area contributed by atoms with Crippen LogP contribution in [0.2, 0.25) is 0 Å². The summed E-state index contributed by atoms with van der Waals surface area (Å²) in [6.45, 7) is 3.32. The maximum Gasteiger partial charge on any atom is 0.315 e. The fourth-order valence-electron chi connectivity index (χ4n) is 18.4. The summed E-state index contributed by atoms with van der Waals surface area (Å²) in [5, 5.41) is 41.8. The second kappa shape index (κ2) is 52.5. The molecule has 0 unspecified atom stereocenters. The first-order valence-electron chi connectivity index (χ1n) is 47.9. The summed E-state index contributed by atoms with van der Waals surface area (Å²) in [5.74, 6) is -15.6. The largest absolute Gasteiger partial charge is 0.370 e. The lowest BCUT2D eigenvalue weighted by Crippen LogP contribution is -2.60. The van der Waals surface area contributed by atoms with Gasteiger partial charge in [0.15, 0.2) is 31.4 Å². The number of hydrogen-bond acceptors (Lipinski definition) is 23. The quantitative estimate of drug-likeness (QED) is 0.00760. The zero-order valence-electron chi connectivity index (χ0n) is 79.2. The minimum Gasteiger partial charge on any atom is -0.370 e. The average Bonchev–Trinajstić information content (AvgIpc) is 1.60. The zero-order chi connectivity index (χ0) is 102. The van der Waals surface area contributed by atoms with Crippen LogP contribution in [0.1, 0.15) is 199 Å². The number of nitrogens with zero attached hydrogens (tertiary/aromatic N) is 2. The molecule has 4 heterocycles. The molecule has 0 aromatic heterocycles. The minimum atomic E-state index is -3.97. The topological polar surface area (TPSA) is 675 Å². The molecule has 13 atom stereocenters. The molecule has 42 nitrogen and oxygen atoms in total. The van der Waals surface area contributed by atoms with Crippen LogP contribution >= 0.6 is 0 Å². The maximum absolute atomic E-state index is 15.5. The van der Waals surface area contributed by atoms with Gasteiger partial charge in [-0.3, -0.25) is 82.1 Å². The summed E-state index contributed by atoms with van der Waals surface area (Å²) in [5.41, 5.74) is 32.6. The summed E-state index contributed by atoms with van der Waals surface area (Å²) >= 11 is 0. The molecule has 0 spiro atoms. The van der Waals surface area contributed by atoms with Gasteiger partial charge in [0.2, 0.25) is 88.6 Å². The number of carbonyl (C=O) groups is 17. The Labute approximate surface area is 818 Å². The van der Waals surface area contributed by atoms with Crippen LogP contribution in [0, 0.1) is 11.3 Å². The van der Waals surface area contributed by atoms with Crippen LogP contribution in [0.5, 0.6) is 0 Å². The van der Waals surface area contributed by atoms with Crippen molar-refractivity contribution in [1.82, 2.24) is 78.9 Å². The lowest BCUT2D eigenvalue weighted by Gasteiger charge is -2.32. The molecule has 24 N–H and O–H groups in total. The highest BCUT2D eigenvalue weighted by Gasteiger charge is 2.52. The Bertz CT molecular complexity index is 5540. The molecule has 4 aliphatic heterocycles. The SMILES string of the molecule is CC(C)C[C@H](NC(=O)CNC(=O)[C@@H](NC(=O)[C@H](Cc1ccccc1)NC(=O)[C@H](CCC(N)=O)NC(=O)[C@H](CCC(N)=O)NC(=O)[C@@H]1CCCN1C(=O)[C@H](CCCCN)NC(=O)[C@@H]1CCCN1C(=O)[C@H](CCCNC(=N)N)NC(=O)CCCCNC(=O)CCCC[C@H]1[C@H]2NC(=O)N[C@H]2CS1(=O)=O)C1c2ccccc2-c2ccccc21)C(=O)N[C@@H](CCS(=O)(=O)Cc1ccc(C(=O)c2ccccc2)cc1)C(N)=O. The maximum atomic E-state index is 15.5. The molecule has 44 heteroatoms. The van der Waals surface area contributed by atoms with E-state index in [9.17, 15) is 79.2 Å². The Hall–Kier alpha value is -13.8. The Morgan fingerprint density at radius 3 is 1.58 bits per heavy atom. The highest BCUT2D eigenvalue weighted by molar-refractivity contribution is 7.92. The van der Waals surface area contributed by atoms with E-state index in [1.54, 1.807) is 111 Å². The third kappa shape index (κ3) is 32.1. The van der Waals surface area contributed by atoms with Gasteiger partial charge in [-0.05, 0) is 155 Å². The van der Waals surface area contributed by atoms with Gasteiger partial charge >= 0.3 is 6.03 Å². The lowest BCUT2D eigenvalue weighted by atomic mass is 9.88. The van der Waals surface area contributed by atoms with E-state index in [0.717, 1.165) is 0 Å². The standard InChI is InChI=1S/C97H131N21O21S2/c1-57(2)52-71(89(128)109-66(86(101)125)45-51-140(136,137)55-59-37-39-61(40-38-59)85(124)60-24-7-4-8-25-60)108-81(123)54-106-93(132)84(82-64-28-11-9-26-62(64)63-27-10-12-29-65(63)82)115-90(129)72(53-58-22-5-3-6-23-58)113-88(127)67(41-43-77(99)119)110-87(126)68(42-44-78(100)120)111-91(130)74-32-20-50-118(74)95(134)70(30-15-17-46-98)112-92(131)75-33-21-49-117(75)94(133)69(31-19-48-105-96(102)103)107-80(122)36-16-18-47-104-79(121)35-14-13-34-76-83-73(56-141(76,138)139)114-97(135)116-83/h3-12,22-29,37-40,57,66-76,82-84H,13-21,30-36,41-56,98H2,1-2H3,(H2,99,119)(H2,100,120)(H2,101,125)(H,104,121)(H,106,132)(H,107,122)(H,108,123)(H,109,128)(H,110,126)(H,111,130)(H,112,131)(H,113,127)(H,115,129)(H4,102,103,105)(H2,114,116,135)/t66-,67-,68-,69-,70-,71-,72-,73-,74-,75-,76-,83-,84-/m0/s1. The van der Waals surface area contributed by atoms with E-state index in [-0.39, 0.29) is 133 Å². The van der Waals surface area contributed by atoms with Crippen molar-refractivity contribution in [1.29, 1.82) is 5.41 Å². The molecule has 5 aromatic carbocycles. The molecule has 141 heavy (non-hydrogen) atoms. The predicted octanol–water partition coefficient (Wildman–Crippen LogP) is -0.597. The molecule has 0 bridgehead atoms. The molecule has 0 saturated carbocycles. The van der Waals surface area contributed by atoms with E-state index in [4.69, 9.17) is 34.1 Å². The van der Waals surface area contributed by atoms with Gasteiger partial charge in [-0.2, -0.15) is 0 Å². The van der Waals surface area contributed by atoms with Gasteiger partial charge < -0.3 is 108 Å². The molecule has 1 aliphatic carbocycles. The van der Waals surface area contributed by atoms with Crippen LogP contribution in [0.25, 0.3) is 11.1 Å². The number of benzene rings is 5. The number of unbranched alkanes of at least 4 members (excludes halogenated alkanes) is 3. The molecule has 17 amide bonds. The van der Waals surface area contributed by atoms with Gasteiger partial charge in [0.25, 0.3) is 0 Å². The molecule has 4 saturated heterocycles. The van der Waals surface area contributed by atoms with Crippen molar-refractivity contribution in [3.05, 3.63) is 167 Å². The third-order valence-electron chi connectivity index (χ3n) is 25.6. The van der Waals surface area contributed by atoms with Crippen LogP contribution in [-0.2, 0) is 104 Å². The number of primary amides is 3. The number of likely N-dealkylation sites (tertiary alicyclic amines) is 2. The minimum absolute atomic E-state index is 0.0149. The molecule has 5 aromatic rings. The highest BCUT2D eigenvalue weighted by atomic mass is 32.2. The van der Waals surface area contributed by atoms with Gasteiger partial charge in [-0.1, -0.05) is 154 Å². The molecule has 5 aliphatic rings. The van der Waals surface area contributed by atoms with Crippen LogP contribution in [-0.4, -0.2) is 262 Å². The van der Waals surface area contributed by atoms with E-state index in [1.807, 2.05) is 12.1 Å². The first kappa shape index (κ1) is 109. The Balaban J connectivity index is 0.786. The van der Waals surface area contributed by atoms with E-state index in [2.05, 4.69) is 69.1 Å². The van der Waals surface area contributed by atoms with E-state index >= 15 is 19.2 Å². The Kier molecular flexibility index (Phi) is 40.6. The number of hydrogen-bond donors (Lipinski definition) is 19. The molecule has 0 radical (unpaired) electrons. The van der Waals surface area contributed by atoms with Crippen LogP contribution in [0.4, 0.5) is 4.79 Å². The normalized spacial score (nSPS) is 18.3. The number of nitrogens with two attached hydrogens (primary N) is 5. The molecule has 10 rings (SSSR count). The van der Waals surface area contributed by atoms with Crippen LogP contribution in [0.15, 0.2) is 133 Å². The molecular weight excluding hydrogens is 1860 g/mol. The number of fused-ring (bicyclic) bond motifs is 4. The van der Waals surface area contributed by atoms with E-state index in [0.29, 0.717) is 89.5 Å². The van der Waals surface area contributed by atoms with Crippen LogP contribution in [0.3, 0.4) is 0 Å². The fraction of sp³-hybridized carbons (Fsp3) is 0.505. The van der Waals surface area contributed by atoms with Crippen LogP contribution < -0.4 is 97.8 Å². The van der Waals surface area contributed by atoms with Crippen molar-refractivity contribution in [2.75, 3.05) is 50.8 Å². The summed E-state index contributed by atoms with van der Waals surface area (Å²) in [7, 11) is -7.40. The zero-order valence-corrected chi connectivity index (χ0v) is 80.8. The van der Waals surface area contributed by atoms with Crippen molar-refractivity contribution >= 4 is 126 Å². The molecular formula is C97H131N21O21S2. The number of carbonyl (C=O) groups excluding carboxylic acids is 17. The second-order valence-electron chi connectivity index (χ2n) is 36.7. The number of nitrogens with one attached hydrogen (secondary N) is 14. The smallest absolute Gasteiger partial charge is 0.315 e. The first-order valence-corrected chi connectivity index (χ1v) is 51.4. The second-order valence-corrected chi connectivity index (χ2v) is 41.2. The Morgan fingerprint density at radius 2 is 0.993 bits per heavy atom. The van der Waals surface area contributed by atoms with Gasteiger partial charge in [0, 0.05) is 75.3 Å². The highest BCUT2D eigenvalue weighted by Crippen LogP contribution is 2.46. The number of rotatable bonds is 56. The molecule has 762 valence electrons. The first-order chi connectivity index (χ1) is 67.3. The van der Waals surface area contributed by atoms with Crippen molar-refractivity contribution < 1.29 is 98.3 Å². The fourth-order valence-corrected chi connectivity index (χ4v) is 22.2. The number of ketones is 1. The summed E-state index contributed by atoms with van der Waals surface area (Å²) in [6, 6.07) is 21.0. The third-order valence-corrected chi connectivity index (χ3v) is 29.5. The van der Waals surface area contributed by atoms with Gasteiger partial charge in [0.05, 0.1) is 41.1 Å². The van der Waals surface area contributed by atoms with Crippen molar-refractivity contribution in [3.8, 4) is 11.1 Å². The van der Waals surface area contributed by atoms with Gasteiger partial charge in [-0.25, -0.2) is 21.6 Å². The number of amides is 17. The summed E-state index contributed by atoms with van der Waals surface area (Å²) in [4.78, 5) is 241. The average molecular weight is 1990 g/mol. The van der Waals surface area contributed by atoms with E-state index < -0.39 is 242 Å². The van der Waals surface area contributed by atoms with Crippen molar-refractivity contribution in [2.45, 2.75) is 251 Å². The Morgan fingerprint density at radius 1 is 0.482 bits per heavy atom. The monoisotopic (exact) mass is 1990 g/mol. The predicted molar refractivity (Wildman–Crippen MR) is 520 cm³/mol. The van der Waals surface area contributed by atoms with Gasteiger partial charge in [-0.15, -0.1) is 0 Å². The summed E-state index contributed by atoms with van der Waals surface area (Å²) in [6.07, 6.45) is 0.852. The lowest BCUT2D eigenvalue weighted by molar-refractivity contribution is -0.144. The molecule has 4 fully saturated rings. The van der Waals surface area contributed by atoms with Crippen molar-refractivity contribution in [2.24, 2.45) is 34.6 Å². The number of guanidine groups is 1. The number of sulfone groups is 2. The van der Waals surface area contributed by atoms with Gasteiger partial charge in [0.1, 0.15) is 60.4 Å². The van der Waals surface area contributed by atoms with E-state index in [1.165, 1.54) is 34.1 Å². The number of urea groups is 1.